The summed E-state index contributed by atoms with van der Waals surface area (Å²) in [6.45, 7) is 6.51. The molecule has 3 N–H and O–H groups in total. The maximum absolute atomic E-state index is 10.9. The normalized spacial score (nSPS) is 15.2. The molecule has 0 amide bonds. The first kappa shape index (κ1) is 18.4. The standard InChI is InChI=1S/C14H28O5/c1-13(2,10-15)7-9-19-8-5-4-6-14(3,11-16)12(17)18/h15-16H,4-11H2,1-3H3,(H,17,18). The molecule has 114 valence electrons. The van der Waals surface area contributed by atoms with E-state index >= 15 is 0 Å². The summed E-state index contributed by atoms with van der Waals surface area (Å²) in [7, 11) is 0. The highest BCUT2D eigenvalue weighted by molar-refractivity contribution is 5.74. The fourth-order valence-corrected chi connectivity index (χ4v) is 1.50. The Hall–Kier alpha value is -0.650. The van der Waals surface area contributed by atoms with Gasteiger partial charge in [-0.05, 0) is 38.0 Å². The van der Waals surface area contributed by atoms with Crippen LogP contribution in [0.4, 0.5) is 0 Å². The number of aliphatic carboxylic acids is 1. The molecule has 0 spiro atoms. The Labute approximate surface area is 115 Å². The smallest absolute Gasteiger partial charge is 0.311 e. The average molecular weight is 276 g/mol. The Morgan fingerprint density at radius 2 is 1.63 bits per heavy atom. The van der Waals surface area contributed by atoms with Crippen LogP contribution in [0.2, 0.25) is 0 Å². The molecule has 5 heteroatoms. The second-order valence-electron chi connectivity index (χ2n) is 6.17. The van der Waals surface area contributed by atoms with Crippen LogP contribution in [-0.2, 0) is 9.53 Å². The van der Waals surface area contributed by atoms with Crippen molar-refractivity contribution in [2.75, 3.05) is 26.4 Å². The zero-order valence-electron chi connectivity index (χ0n) is 12.3. The van der Waals surface area contributed by atoms with Gasteiger partial charge in [-0.15, -0.1) is 0 Å². The molecular formula is C14H28O5. The molecule has 19 heavy (non-hydrogen) atoms. The Kier molecular flexibility index (Phi) is 8.22. The van der Waals surface area contributed by atoms with E-state index in [2.05, 4.69) is 0 Å². The van der Waals surface area contributed by atoms with Crippen LogP contribution in [0.5, 0.6) is 0 Å². The SMILES string of the molecule is CC(C)(CO)CCOCCCCC(C)(CO)C(=O)O. The highest BCUT2D eigenvalue weighted by atomic mass is 16.5. The van der Waals surface area contributed by atoms with Gasteiger partial charge in [-0.2, -0.15) is 0 Å². The van der Waals surface area contributed by atoms with Gasteiger partial charge in [0.05, 0.1) is 12.0 Å². The van der Waals surface area contributed by atoms with Gasteiger partial charge in [0.15, 0.2) is 0 Å². The summed E-state index contributed by atoms with van der Waals surface area (Å²) in [5.41, 5.74) is -1.16. The highest BCUT2D eigenvalue weighted by Crippen LogP contribution is 2.23. The largest absolute Gasteiger partial charge is 0.481 e. The third-order valence-electron chi connectivity index (χ3n) is 3.48. The Morgan fingerprint density at radius 3 is 2.11 bits per heavy atom. The molecule has 1 unspecified atom stereocenters. The molecule has 0 aliphatic rings. The number of carbonyl (C=O) groups is 1. The van der Waals surface area contributed by atoms with Crippen LogP contribution >= 0.6 is 0 Å². The van der Waals surface area contributed by atoms with Crippen molar-refractivity contribution in [1.82, 2.24) is 0 Å². The Bertz CT molecular complexity index is 265. The van der Waals surface area contributed by atoms with E-state index in [-0.39, 0.29) is 18.6 Å². The van der Waals surface area contributed by atoms with Crippen LogP contribution in [0.15, 0.2) is 0 Å². The van der Waals surface area contributed by atoms with E-state index in [4.69, 9.17) is 20.1 Å². The van der Waals surface area contributed by atoms with Crippen molar-refractivity contribution < 1.29 is 24.9 Å². The number of hydrogen-bond acceptors (Lipinski definition) is 4. The molecule has 0 saturated carbocycles. The first-order valence-electron chi connectivity index (χ1n) is 6.80. The number of ether oxygens (including phenoxy) is 1. The van der Waals surface area contributed by atoms with E-state index in [1.165, 1.54) is 0 Å². The predicted octanol–water partition coefficient (Wildman–Crippen LogP) is 1.67. The first-order chi connectivity index (χ1) is 8.77. The molecule has 0 aliphatic carbocycles. The van der Waals surface area contributed by atoms with Crippen LogP contribution in [0.1, 0.15) is 46.5 Å². The van der Waals surface area contributed by atoms with Crippen molar-refractivity contribution in [3.05, 3.63) is 0 Å². The van der Waals surface area contributed by atoms with Gasteiger partial charge in [0, 0.05) is 19.8 Å². The van der Waals surface area contributed by atoms with Crippen molar-refractivity contribution in [2.24, 2.45) is 10.8 Å². The summed E-state index contributed by atoms with van der Waals surface area (Å²) < 4.78 is 5.46. The summed E-state index contributed by atoms with van der Waals surface area (Å²) in [6.07, 6.45) is 2.74. The molecular weight excluding hydrogens is 248 g/mol. The van der Waals surface area contributed by atoms with E-state index in [0.29, 0.717) is 26.1 Å². The van der Waals surface area contributed by atoms with Crippen molar-refractivity contribution in [1.29, 1.82) is 0 Å². The van der Waals surface area contributed by atoms with Crippen molar-refractivity contribution in [2.45, 2.75) is 46.5 Å². The van der Waals surface area contributed by atoms with Crippen LogP contribution in [0, 0.1) is 10.8 Å². The molecule has 1 atom stereocenters. The molecule has 0 aromatic rings. The van der Waals surface area contributed by atoms with Gasteiger partial charge in [-0.1, -0.05) is 13.8 Å². The number of rotatable bonds is 11. The fraction of sp³-hybridized carbons (Fsp3) is 0.929. The lowest BCUT2D eigenvalue weighted by atomic mass is 9.86. The minimum absolute atomic E-state index is 0.112. The lowest BCUT2D eigenvalue weighted by Crippen LogP contribution is -2.31. The molecule has 0 aromatic carbocycles. The number of aliphatic hydroxyl groups excluding tert-OH is 2. The third-order valence-corrected chi connectivity index (χ3v) is 3.48. The number of carboxylic acid groups (broad SMARTS) is 1. The number of unbranched alkanes of at least 4 members (excludes halogenated alkanes) is 1. The zero-order valence-corrected chi connectivity index (χ0v) is 12.3. The molecule has 0 radical (unpaired) electrons. The maximum Gasteiger partial charge on any atom is 0.311 e. The van der Waals surface area contributed by atoms with Crippen molar-refractivity contribution in [3.8, 4) is 0 Å². The minimum Gasteiger partial charge on any atom is -0.481 e. The van der Waals surface area contributed by atoms with Crippen molar-refractivity contribution in [3.63, 3.8) is 0 Å². The summed E-state index contributed by atoms with van der Waals surface area (Å²) in [5, 5.41) is 27.1. The third kappa shape index (κ3) is 7.50. The van der Waals surface area contributed by atoms with Crippen LogP contribution in [0.25, 0.3) is 0 Å². The molecule has 0 fully saturated rings. The summed E-state index contributed by atoms with van der Waals surface area (Å²) >= 11 is 0. The lowest BCUT2D eigenvalue weighted by molar-refractivity contribution is -0.150. The zero-order chi connectivity index (χ0) is 14.9. The molecule has 0 heterocycles. The Morgan fingerprint density at radius 1 is 1.00 bits per heavy atom. The maximum atomic E-state index is 10.9. The molecule has 0 saturated heterocycles. The summed E-state index contributed by atoms with van der Waals surface area (Å²) in [5.74, 6) is -0.958. The van der Waals surface area contributed by atoms with Gasteiger partial charge in [-0.3, -0.25) is 4.79 Å². The first-order valence-corrected chi connectivity index (χ1v) is 6.80. The molecule has 0 aliphatic heterocycles. The molecule has 0 rings (SSSR count). The van der Waals surface area contributed by atoms with E-state index < -0.39 is 11.4 Å². The lowest BCUT2D eigenvalue weighted by Gasteiger charge is -2.22. The van der Waals surface area contributed by atoms with Gasteiger partial charge in [0.1, 0.15) is 0 Å². The minimum atomic E-state index is -1.04. The van der Waals surface area contributed by atoms with Gasteiger partial charge < -0.3 is 20.1 Å². The van der Waals surface area contributed by atoms with Gasteiger partial charge in [-0.25, -0.2) is 0 Å². The van der Waals surface area contributed by atoms with E-state index in [1.54, 1.807) is 6.92 Å². The molecule has 0 bridgehead atoms. The predicted molar refractivity (Wildman–Crippen MR) is 73.0 cm³/mol. The van der Waals surface area contributed by atoms with Gasteiger partial charge in [0.25, 0.3) is 0 Å². The quantitative estimate of drug-likeness (QED) is 0.500. The number of aliphatic hydroxyl groups is 2. The summed E-state index contributed by atoms with van der Waals surface area (Å²) in [6, 6.07) is 0. The fourth-order valence-electron chi connectivity index (χ4n) is 1.50. The second kappa shape index (κ2) is 8.51. The van der Waals surface area contributed by atoms with Crippen LogP contribution in [0.3, 0.4) is 0 Å². The summed E-state index contributed by atoms with van der Waals surface area (Å²) in [4.78, 5) is 10.9. The van der Waals surface area contributed by atoms with Crippen LogP contribution < -0.4 is 0 Å². The monoisotopic (exact) mass is 276 g/mol. The topological polar surface area (TPSA) is 87.0 Å². The van der Waals surface area contributed by atoms with E-state index in [1.807, 2.05) is 13.8 Å². The van der Waals surface area contributed by atoms with E-state index in [0.717, 1.165) is 12.8 Å². The van der Waals surface area contributed by atoms with Gasteiger partial charge >= 0.3 is 5.97 Å². The number of carboxylic acids is 1. The van der Waals surface area contributed by atoms with Gasteiger partial charge in [0.2, 0.25) is 0 Å². The second-order valence-corrected chi connectivity index (χ2v) is 6.17. The molecule has 5 nitrogen and oxygen atoms in total. The Balaban J connectivity index is 3.64. The molecule has 0 aromatic heterocycles. The van der Waals surface area contributed by atoms with Crippen LogP contribution in [-0.4, -0.2) is 47.7 Å². The van der Waals surface area contributed by atoms with E-state index in [9.17, 15) is 4.79 Å². The van der Waals surface area contributed by atoms with Crippen molar-refractivity contribution >= 4 is 5.97 Å². The highest BCUT2D eigenvalue weighted by Gasteiger charge is 2.31. The number of hydrogen-bond donors (Lipinski definition) is 3. The average Bonchev–Trinajstić information content (AvgIpc) is 2.37.